The number of ether oxygens (including phenoxy) is 1. The summed E-state index contributed by atoms with van der Waals surface area (Å²) in [6, 6.07) is 10.5. The molecule has 158 valence electrons. The first-order chi connectivity index (χ1) is 14.2. The quantitative estimate of drug-likeness (QED) is 0.627. The van der Waals surface area contributed by atoms with Gasteiger partial charge in [-0.25, -0.2) is 13.2 Å². The van der Waals surface area contributed by atoms with Crippen LogP contribution < -0.4 is 9.46 Å². The molecule has 9 nitrogen and oxygen atoms in total. The maximum absolute atomic E-state index is 12.6. The van der Waals surface area contributed by atoms with Crippen molar-refractivity contribution in [3.8, 4) is 5.75 Å². The van der Waals surface area contributed by atoms with Gasteiger partial charge in [-0.3, -0.25) is 19.2 Å². The van der Waals surface area contributed by atoms with Crippen molar-refractivity contribution >= 4 is 44.6 Å². The second kappa shape index (κ2) is 8.76. The Morgan fingerprint density at radius 2 is 1.90 bits per heavy atom. The number of carbonyl (C=O) groups excluding carboxylic acids is 2. The number of nitrogens with one attached hydrogen (secondary N) is 1. The molecule has 0 unspecified atom stereocenters. The topological polar surface area (TPSA) is 130 Å². The summed E-state index contributed by atoms with van der Waals surface area (Å²) in [5, 5.41) is 8.38. The van der Waals surface area contributed by atoms with Crippen molar-refractivity contribution in [2.24, 2.45) is 0 Å². The van der Waals surface area contributed by atoms with E-state index in [0.717, 1.165) is 16.7 Å². The number of imide groups is 1. The SMILES string of the molecule is Cc1cc(S(=O)(=O)Nc2ccc(CN3C(=O)CSC3=O)cc2)ccc1OCC(=O)O. The molecule has 0 radical (unpaired) electrons. The molecule has 30 heavy (non-hydrogen) atoms. The van der Waals surface area contributed by atoms with E-state index in [2.05, 4.69) is 4.72 Å². The Bertz CT molecular complexity index is 1080. The molecule has 0 aliphatic carbocycles. The Morgan fingerprint density at radius 1 is 1.20 bits per heavy atom. The first kappa shape index (κ1) is 21.7. The molecule has 2 amide bonds. The van der Waals surface area contributed by atoms with E-state index in [1.54, 1.807) is 31.2 Å². The zero-order chi connectivity index (χ0) is 21.9. The lowest BCUT2D eigenvalue weighted by Crippen LogP contribution is -2.27. The zero-order valence-corrected chi connectivity index (χ0v) is 17.5. The lowest BCUT2D eigenvalue weighted by Gasteiger charge is -2.14. The van der Waals surface area contributed by atoms with Crippen LogP contribution in [0.4, 0.5) is 10.5 Å². The van der Waals surface area contributed by atoms with Crippen LogP contribution in [0.1, 0.15) is 11.1 Å². The van der Waals surface area contributed by atoms with Crippen LogP contribution in [0.3, 0.4) is 0 Å². The van der Waals surface area contributed by atoms with Crippen LogP contribution in [-0.4, -0.2) is 47.9 Å². The number of carbonyl (C=O) groups is 3. The van der Waals surface area contributed by atoms with Gasteiger partial charge in [-0.2, -0.15) is 0 Å². The molecule has 11 heteroatoms. The number of hydrogen-bond acceptors (Lipinski definition) is 7. The smallest absolute Gasteiger partial charge is 0.341 e. The van der Waals surface area contributed by atoms with E-state index in [0.29, 0.717) is 16.8 Å². The molecular weight excluding hydrogens is 432 g/mol. The largest absolute Gasteiger partial charge is 0.482 e. The molecule has 1 aliphatic rings. The number of hydrogen-bond donors (Lipinski definition) is 2. The maximum Gasteiger partial charge on any atom is 0.341 e. The van der Waals surface area contributed by atoms with Crippen molar-refractivity contribution in [3.63, 3.8) is 0 Å². The van der Waals surface area contributed by atoms with Crippen molar-refractivity contribution in [1.29, 1.82) is 0 Å². The summed E-state index contributed by atoms with van der Waals surface area (Å²) in [5.41, 5.74) is 1.49. The van der Waals surface area contributed by atoms with Gasteiger partial charge in [-0.1, -0.05) is 23.9 Å². The molecule has 0 bridgehead atoms. The standard InChI is InChI=1S/C19H18N2O7S2/c1-12-8-15(6-7-16(12)28-10-18(23)24)30(26,27)20-14-4-2-13(3-5-14)9-21-17(22)11-29-19(21)25/h2-8,20H,9-11H2,1H3,(H,23,24). The fraction of sp³-hybridized carbons (Fsp3) is 0.211. The molecule has 2 aromatic carbocycles. The van der Waals surface area contributed by atoms with Crippen molar-refractivity contribution in [1.82, 2.24) is 4.90 Å². The van der Waals surface area contributed by atoms with E-state index in [-0.39, 0.29) is 34.1 Å². The number of benzene rings is 2. The lowest BCUT2D eigenvalue weighted by molar-refractivity contribution is -0.139. The van der Waals surface area contributed by atoms with E-state index in [1.807, 2.05) is 0 Å². The van der Waals surface area contributed by atoms with Crippen molar-refractivity contribution in [3.05, 3.63) is 53.6 Å². The Hall–Kier alpha value is -3.05. The summed E-state index contributed by atoms with van der Waals surface area (Å²) < 4.78 is 32.8. The highest BCUT2D eigenvalue weighted by atomic mass is 32.2. The third-order valence-electron chi connectivity index (χ3n) is 4.20. The van der Waals surface area contributed by atoms with Gasteiger partial charge >= 0.3 is 5.97 Å². The van der Waals surface area contributed by atoms with Crippen molar-refractivity contribution in [2.75, 3.05) is 17.1 Å². The van der Waals surface area contributed by atoms with Gasteiger partial charge in [0.15, 0.2) is 6.61 Å². The third kappa shape index (κ3) is 5.10. The van der Waals surface area contributed by atoms with Crippen LogP contribution in [0, 0.1) is 6.92 Å². The number of sulfonamides is 1. The van der Waals surface area contributed by atoms with E-state index in [1.165, 1.54) is 18.2 Å². The summed E-state index contributed by atoms with van der Waals surface area (Å²) in [6.07, 6.45) is 0. The number of carboxylic acids is 1. The first-order valence-corrected chi connectivity index (χ1v) is 11.2. The molecule has 0 spiro atoms. The van der Waals surface area contributed by atoms with Crippen LogP contribution in [-0.2, 0) is 26.2 Å². The predicted octanol–water partition coefficient (Wildman–Crippen LogP) is 2.45. The Morgan fingerprint density at radius 3 is 2.47 bits per heavy atom. The van der Waals surface area contributed by atoms with Crippen LogP contribution in [0.5, 0.6) is 5.75 Å². The van der Waals surface area contributed by atoms with E-state index >= 15 is 0 Å². The second-order valence-corrected chi connectivity index (χ2v) is 9.06. The third-order valence-corrected chi connectivity index (χ3v) is 6.43. The minimum Gasteiger partial charge on any atom is -0.482 e. The van der Waals surface area contributed by atoms with Gasteiger partial charge in [0.25, 0.3) is 15.3 Å². The second-order valence-electron chi connectivity index (χ2n) is 6.45. The predicted molar refractivity (Wildman–Crippen MR) is 110 cm³/mol. The average Bonchev–Trinajstić information content (AvgIpc) is 3.00. The molecule has 1 fully saturated rings. The average molecular weight is 450 g/mol. The van der Waals surface area contributed by atoms with E-state index < -0.39 is 22.6 Å². The molecule has 2 N–H and O–H groups in total. The molecular formula is C19H18N2O7S2. The van der Waals surface area contributed by atoms with Gasteiger partial charge in [-0.15, -0.1) is 0 Å². The molecule has 1 heterocycles. The first-order valence-electron chi connectivity index (χ1n) is 8.70. The highest BCUT2D eigenvalue weighted by molar-refractivity contribution is 8.14. The van der Waals surface area contributed by atoms with Crippen LogP contribution >= 0.6 is 11.8 Å². The number of nitrogens with zero attached hydrogens (tertiary/aromatic N) is 1. The normalized spacial score (nSPS) is 14.1. The molecule has 3 rings (SSSR count). The number of rotatable bonds is 8. The van der Waals surface area contributed by atoms with Crippen LogP contribution in [0.15, 0.2) is 47.4 Å². The lowest BCUT2D eigenvalue weighted by atomic mass is 10.2. The van der Waals surface area contributed by atoms with Gasteiger partial charge in [0.05, 0.1) is 17.2 Å². The van der Waals surface area contributed by atoms with Gasteiger partial charge < -0.3 is 9.84 Å². The van der Waals surface area contributed by atoms with Crippen molar-refractivity contribution < 1.29 is 32.6 Å². The van der Waals surface area contributed by atoms with Crippen LogP contribution in [0.2, 0.25) is 0 Å². The number of anilines is 1. The summed E-state index contributed by atoms with van der Waals surface area (Å²) in [5.74, 6) is -0.963. The van der Waals surface area contributed by atoms with Gasteiger partial charge in [0.2, 0.25) is 5.91 Å². The maximum atomic E-state index is 12.6. The number of aryl methyl sites for hydroxylation is 1. The molecule has 1 saturated heterocycles. The van der Waals surface area contributed by atoms with Gasteiger partial charge in [0, 0.05) is 5.69 Å². The number of aliphatic carboxylic acids is 1. The summed E-state index contributed by atoms with van der Waals surface area (Å²) in [4.78, 5) is 35.1. The molecule has 1 aliphatic heterocycles. The fourth-order valence-corrected chi connectivity index (χ4v) is 4.57. The molecule has 0 saturated carbocycles. The summed E-state index contributed by atoms with van der Waals surface area (Å²) >= 11 is 0.956. The molecule has 0 aromatic heterocycles. The van der Waals surface area contributed by atoms with Crippen LogP contribution in [0.25, 0.3) is 0 Å². The van der Waals surface area contributed by atoms with Gasteiger partial charge in [-0.05, 0) is 48.4 Å². The minimum absolute atomic E-state index is 0.00274. The van der Waals surface area contributed by atoms with E-state index in [4.69, 9.17) is 9.84 Å². The van der Waals surface area contributed by atoms with E-state index in [9.17, 15) is 22.8 Å². The number of amides is 2. The molecule has 0 atom stereocenters. The highest BCUT2D eigenvalue weighted by Crippen LogP contribution is 2.25. The fourth-order valence-electron chi connectivity index (χ4n) is 2.70. The summed E-state index contributed by atoms with van der Waals surface area (Å²) in [6.45, 7) is 1.23. The zero-order valence-electron chi connectivity index (χ0n) is 15.8. The van der Waals surface area contributed by atoms with Crippen molar-refractivity contribution in [2.45, 2.75) is 18.4 Å². The van der Waals surface area contributed by atoms with Gasteiger partial charge in [0.1, 0.15) is 5.75 Å². The number of carboxylic acid groups (broad SMARTS) is 1. The molecule has 2 aromatic rings. The monoisotopic (exact) mass is 450 g/mol. The summed E-state index contributed by atoms with van der Waals surface area (Å²) in [7, 11) is -3.88. The Balaban J connectivity index is 1.69. The number of thioether (sulfide) groups is 1. The Kier molecular flexibility index (Phi) is 6.32. The highest BCUT2D eigenvalue weighted by Gasteiger charge is 2.29. The Labute approximate surface area is 177 Å². The minimum atomic E-state index is -3.88.